The number of imide groups is 1. The van der Waals surface area contributed by atoms with Crippen LogP contribution in [0.5, 0.6) is 0 Å². The van der Waals surface area contributed by atoms with E-state index in [0.29, 0.717) is 13.0 Å². The molecule has 1 unspecified atom stereocenters. The highest BCUT2D eigenvalue weighted by atomic mass is 35.5. The Morgan fingerprint density at radius 2 is 2.24 bits per heavy atom. The molecule has 90 valence electrons. The van der Waals surface area contributed by atoms with Crippen LogP contribution in [0.2, 0.25) is 5.02 Å². The molecular formula is C12H11ClFNO2. The second-order valence-electron chi connectivity index (χ2n) is 4.24. The maximum absolute atomic E-state index is 13.5. The molecule has 0 N–H and O–H groups in total. The van der Waals surface area contributed by atoms with Crippen LogP contribution < -0.4 is 0 Å². The molecule has 1 fully saturated rings. The number of rotatable bonds is 1. The maximum Gasteiger partial charge on any atom is 0.263 e. The molecule has 1 saturated heterocycles. The van der Waals surface area contributed by atoms with Crippen LogP contribution in [0.1, 0.15) is 23.7 Å². The van der Waals surface area contributed by atoms with Crippen molar-refractivity contribution in [2.75, 3.05) is 6.54 Å². The van der Waals surface area contributed by atoms with E-state index in [4.69, 9.17) is 11.6 Å². The lowest BCUT2D eigenvalue weighted by molar-refractivity contribution is -0.125. The van der Waals surface area contributed by atoms with Crippen molar-refractivity contribution in [2.24, 2.45) is 5.92 Å². The Morgan fingerprint density at radius 3 is 2.82 bits per heavy atom. The molecule has 1 aliphatic rings. The molecule has 0 aromatic heterocycles. The van der Waals surface area contributed by atoms with Crippen LogP contribution in [0.4, 0.5) is 4.39 Å². The molecule has 1 heterocycles. The van der Waals surface area contributed by atoms with Gasteiger partial charge in [0.2, 0.25) is 5.91 Å². The van der Waals surface area contributed by atoms with Crippen molar-refractivity contribution in [2.45, 2.75) is 13.3 Å². The highest BCUT2D eigenvalue weighted by molar-refractivity contribution is 6.31. The van der Waals surface area contributed by atoms with Crippen LogP contribution in [-0.4, -0.2) is 23.3 Å². The predicted molar refractivity (Wildman–Crippen MR) is 61.2 cm³/mol. The van der Waals surface area contributed by atoms with Crippen molar-refractivity contribution in [3.63, 3.8) is 0 Å². The minimum Gasteiger partial charge on any atom is -0.278 e. The van der Waals surface area contributed by atoms with Crippen LogP contribution in [0.3, 0.4) is 0 Å². The molecule has 0 aliphatic carbocycles. The monoisotopic (exact) mass is 255 g/mol. The fraction of sp³-hybridized carbons (Fsp3) is 0.333. The topological polar surface area (TPSA) is 37.4 Å². The van der Waals surface area contributed by atoms with E-state index < -0.39 is 11.7 Å². The Kier molecular flexibility index (Phi) is 3.15. The van der Waals surface area contributed by atoms with E-state index in [1.807, 2.05) is 6.92 Å². The number of carbonyl (C=O) groups excluding carboxylic acids is 2. The molecular weight excluding hydrogens is 245 g/mol. The van der Waals surface area contributed by atoms with Crippen LogP contribution in [-0.2, 0) is 4.79 Å². The van der Waals surface area contributed by atoms with E-state index in [1.54, 1.807) is 0 Å². The summed E-state index contributed by atoms with van der Waals surface area (Å²) in [7, 11) is 0. The molecule has 2 rings (SSSR count). The van der Waals surface area contributed by atoms with E-state index in [2.05, 4.69) is 0 Å². The van der Waals surface area contributed by atoms with Gasteiger partial charge in [0.05, 0.1) is 5.56 Å². The SMILES string of the molecule is CC1CC(=O)N(C(=O)c2cc(Cl)ccc2F)C1. The number of hydrogen-bond donors (Lipinski definition) is 0. The first-order valence-electron chi connectivity index (χ1n) is 5.29. The van der Waals surface area contributed by atoms with E-state index >= 15 is 0 Å². The van der Waals surface area contributed by atoms with Crippen molar-refractivity contribution in [3.05, 3.63) is 34.6 Å². The summed E-state index contributed by atoms with van der Waals surface area (Å²) in [5, 5.41) is 0.273. The molecule has 0 bridgehead atoms. The smallest absolute Gasteiger partial charge is 0.263 e. The van der Waals surface area contributed by atoms with Gasteiger partial charge < -0.3 is 0 Å². The van der Waals surface area contributed by atoms with Crippen LogP contribution in [0.15, 0.2) is 18.2 Å². The number of halogens is 2. The van der Waals surface area contributed by atoms with Gasteiger partial charge in [0.1, 0.15) is 5.82 Å². The molecule has 1 atom stereocenters. The Bertz CT molecular complexity index is 489. The van der Waals surface area contributed by atoms with Crippen molar-refractivity contribution >= 4 is 23.4 Å². The van der Waals surface area contributed by atoms with Gasteiger partial charge in [0.15, 0.2) is 0 Å². The fourth-order valence-electron chi connectivity index (χ4n) is 1.89. The average Bonchev–Trinajstić information content (AvgIpc) is 2.60. The number of carbonyl (C=O) groups is 2. The summed E-state index contributed by atoms with van der Waals surface area (Å²) in [5.74, 6) is -1.42. The minimum atomic E-state index is -0.660. The van der Waals surface area contributed by atoms with Crippen LogP contribution in [0, 0.1) is 11.7 Å². The molecule has 17 heavy (non-hydrogen) atoms. The largest absolute Gasteiger partial charge is 0.278 e. The zero-order valence-electron chi connectivity index (χ0n) is 9.24. The number of amides is 2. The van der Waals surface area contributed by atoms with Gasteiger partial charge in [0.25, 0.3) is 5.91 Å². The Labute approximate surface area is 103 Å². The second-order valence-corrected chi connectivity index (χ2v) is 4.68. The number of hydrogen-bond acceptors (Lipinski definition) is 2. The van der Waals surface area contributed by atoms with Gasteiger partial charge in [-0.2, -0.15) is 0 Å². The Hall–Kier alpha value is -1.42. The summed E-state index contributed by atoms with van der Waals surface area (Å²) in [6.07, 6.45) is 0.327. The van der Waals surface area contributed by atoms with E-state index in [1.165, 1.54) is 12.1 Å². The molecule has 5 heteroatoms. The minimum absolute atomic E-state index is 0.119. The first-order valence-corrected chi connectivity index (χ1v) is 5.66. The summed E-state index contributed by atoms with van der Waals surface area (Å²) in [4.78, 5) is 24.6. The molecule has 1 aliphatic heterocycles. The van der Waals surface area contributed by atoms with Gasteiger partial charge >= 0.3 is 0 Å². The zero-order chi connectivity index (χ0) is 12.6. The third-order valence-electron chi connectivity index (χ3n) is 2.72. The lowest BCUT2D eigenvalue weighted by atomic mass is 10.1. The van der Waals surface area contributed by atoms with Gasteiger partial charge in [-0.15, -0.1) is 0 Å². The molecule has 0 radical (unpaired) electrons. The number of benzene rings is 1. The van der Waals surface area contributed by atoms with E-state index in [-0.39, 0.29) is 22.4 Å². The van der Waals surface area contributed by atoms with Gasteiger partial charge in [-0.1, -0.05) is 18.5 Å². The van der Waals surface area contributed by atoms with E-state index in [9.17, 15) is 14.0 Å². The lowest BCUT2D eigenvalue weighted by Gasteiger charge is -2.14. The third-order valence-corrected chi connectivity index (χ3v) is 2.96. The van der Waals surface area contributed by atoms with Crippen molar-refractivity contribution in [3.8, 4) is 0 Å². The first-order chi connectivity index (χ1) is 7.99. The average molecular weight is 256 g/mol. The van der Waals surface area contributed by atoms with Crippen molar-refractivity contribution < 1.29 is 14.0 Å². The van der Waals surface area contributed by atoms with Gasteiger partial charge in [0, 0.05) is 18.0 Å². The summed E-state index contributed by atoms with van der Waals surface area (Å²) in [6.45, 7) is 2.21. The maximum atomic E-state index is 13.5. The Morgan fingerprint density at radius 1 is 1.53 bits per heavy atom. The van der Waals surface area contributed by atoms with Crippen LogP contribution >= 0.6 is 11.6 Å². The third kappa shape index (κ3) is 2.31. The standard InChI is InChI=1S/C12H11ClFNO2/c1-7-4-11(16)15(6-7)12(17)9-5-8(13)2-3-10(9)14/h2-3,5,7H,4,6H2,1H3. The molecule has 1 aromatic carbocycles. The fourth-order valence-corrected chi connectivity index (χ4v) is 2.06. The summed E-state index contributed by atoms with van der Waals surface area (Å²) < 4.78 is 13.5. The zero-order valence-corrected chi connectivity index (χ0v) is 10.00. The molecule has 1 aromatic rings. The molecule has 2 amide bonds. The van der Waals surface area contributed by atoms with Gasteiger partial charge in [-0.25, -0.2) is 4.39 Å². The van der Waals surface area contributed by atoms with Crippen LogP contribution in [0.25, 0.3) is 0 Å². The van der Waals surface area contributed by atoms with Gasteiger partial charge in [-0.05, 0) is 24.1 Å². The number of nitrogens with zero attached hydrogens (tertiary/aromatic N) is 1. The quantitative estimate of drug-likeness (QED) is 0.723. The molecule has 3 nitrogen and oxygen atoms in total. The van der Waals surface area contributed by atoms with E-state index in [0.717, 1.165) is 11.0 Å². The number of likely N-dealkylation sites (tertiary alicyclic amines) is 1. The van der Waals surface area contributed by atoms with Crippen molar-refractivity contribution in [1.29, 1.82) is 0 Å². The van der Waals surface area contributed by atoms with Gasteiger partial charge in [-0.3, -0.25) is 14.5 Å². The first kappa shape index (κ1) is 12.0. The second kappa shape index (κ2) is 4.45. The normalized spacial score (nSPS) is 19.8. The highest BCUT2D eigenvalue weighted by Crippen LogP contribution is 2.22. The lowest BCUT2D eigenvalue weighted by Crippen LogP contribution is -2.32. The van der Waals surface area contributed by atoms with Crippen molar-refractivity contribution in [1.82, 2.24) is 4.90 Å². The summed E-state index contributed by atoms with van der Waals surface area (Å²) in [6, 6.07) is 3.73. The summed E-state index contributed by atoms with van der Waals surface area (Å²) in [5.41, 5.74) is -0.153. The predicted octanol–water partition coefficient (Wildman–Crippen LogP) is 2.49. The molecule has 0 spiro atoms. The highest BCUT2D eigenvalue weighted by Gasteiger charge is 2.33. The Balaban J connectivity index is 2.31. The summed E-state index contributed by atoms with van der Waals surface area (Å²) >= 11 is 5.71. The molecule has 0 saturated carbocycles.